The van der Waals surface area contributed by atoms with Crippen LogP contribution in [0, 0.1) is 5.92 Å². The lowest BCUT2D eigenvalue weighted by Crippen LogP contribution is -2.51. The lowest BCUT2D eigenvalue weighted by molar-refractivity contribution is -0.137. The van der Waals surface area contributed by atoms with Crippen molar-refractivity contribution in [3.8, 4) is 0 Å². The number of carbonyl (C=O) groups is 1. The van der Waals surface area contributed by atoms with Gasteiger partial charge in [-0.25, -0.2) is 8.42 Å². The van der Waals surface area contributed by atoms with E-state index < -0.39 is 9.84 Å². The summed E-state index contributed by atoms with van der Waals surface area (Å²) in [6.45, 7) is 6.83. The summed E-state index contributed by atoms with van der Waals surface area (Å²) in [6.07, 6.45) is 4.93. The zero-order valence-electron chi connectivity index (χ0n) is 15.0. The average molecular weight is 345 g/mol. The molecule has 5 nitrogen and oxygen atoms in total. The SMILES string of the molecule is CC(C)C(C)N(C)CC(=O)N(C1CCCC1)C1CCS(=O)(=O)C1. The monoisotopic (exact) mass is 344 g/mol. The molecule has 2 fully saturated rings. The first-order chi connectivity index (χ1) is 10.7. The number of hydrogen-bond donors (Lipinski definition) is 0. The first-order valence-electron chi connectivity index (χ1n) is 8.93. The minimum Gasteiger partial charge on any atom is -0.335 e. The van der Waals surface area contributed by atoms with Crippen LogP contribution < -0.4 is 0 Å². The molecule has 2 rings (SSSR count). The molecule has 6 heteroatoms. The van der Waals surface area contributed by atoms with Crippen molar-refractivity contribution < 1.29 is 13.2 Å². The molecule has 1 heterocycles. The summed E-state index contributed by atoms with van der Waals surface area (Å²) in [5.41, 5.74) is 0. The molecular formula is C17H32N2O3S. The lowest BCUT2D eigenvalue weighted by Gasteiger charge is -2.36. The minimum absolute atomic E-state index is 0.106. The predicted octanol–water partition coefficient (Wildman–Crippen LogP) is 1.92. The van der Waals surface area contributed by atoms with Crippen molar-refractivity contribution in [2.24, 2.45) is 5.92 Å². The Morgan fingerprint density at radius 2 is 1.70 bits per heavy atom. The molecule has 0 aromatic rings. The highest BCUT2D eigenvalue weighted by molar-refractivity contribution is 7.91. The Bertz CT molecular complexity index is 512. The van der Waals surface area contributed by atoms with Gasteiger partial charge in [-0.15, -0.1) is 0 Å². The first-order valence-corrected chi connectivity index (χ1v) is 10.7. The Labute approximate surface area is 141 Å². The molecule has 0 aromatic carbocycles. The van der Waals surface area contributed by atoms with E-state index in [4.69, 9.17) is 0 Å². The highest BCUT2D eigenvalue weighted by Gasteiger charge is 2.39. The van der Waals surface area contributed by atoms with Crippen molar-refractivity contribution >= 4 is 15.7 Å². The van der Waals surface area contributed by atoms with Crippen LogP contribution in [0.1, 0.15) is 52.9 Å². The van der Waals surface area contributed by atoms with Gasteiger partial charge in [-0.05, 0) is 39.2 Å². The third-order valence-electron chi connectivity index (χ3n) is 5.65. The molecule has 0 radical (unpaired) electrons. The smallest absolute Gasteiger partial charge is 0.237 e. The van der Waals surface area contributed by atoms with Gasteiger partial charge in [0.1, 0.15) is 0 Å². The lowest BCUT2D eigenvalue weighted by atomic mass is 10.0. The summed E-state index contributed by atoms with van der Waals surface area (Å²) in [5.74, 6) is 0.971. The Morgan fingerprint density at radius 3 is 2.17 bits per heavy atom. The number of sulfone groups is 1. The maximum Gasteiger partial charge on any atom is 0.237 e. The summed E-state index contributed by atoms with van der Waals surface area (Å²) in [5, 5.41) is 0. The van der Waals surface area contributed by atoms with Gasteiger partial charge in [0.25, 0.3) is 0 Å². The normalized spacial score (nSPS) is 26.1. The van der Waals surface area contributed by atoms with Crippen LogP contribution in [0.3, 0.4) is 0 Å². The summed E-state index contributed by atoms with van der Waals surface area (Å²) in [7, 11) is -0.982. The van der Waals surface area contributed by atoms with Crippen LogP contribution in [0.5, 0.6) is 0 Å². The Morgan fingerprint density at radius 1 is 1.09 bits per heavy atom. The third kappa shape index (κ3) is 4.69. The zero-order valence-corrected chi connectivity index (χ0v) is 15.8. The van der Waals surface area contributed by atoms with Gasteiger partial charge in [0.2, 0.25) is 5.91 Å². The van der Waals surface area contributed by atoms with E-state index in [1.54, 1.807) is 0 Å². The topological polar surface area (TPSA) is 57.7 Å². The van der Waals surface area contributed by atoms with E-state index in [0.29, 0.717) is 24.9 Å². The van der Waals surface area contributed by atoms with Crippen LogP contribution in [0.15, 0.2) is 0 Å². The molecule has 0 bridgehead atoms. The molecule has 1 saturated carbocycles. The molecule has 0 spiro atoms. The van der Waals surface area contributed by atoms with Crippen LogP contribution in [0.25, 0.3) is 0 Å². The second-order valence-corrected chi connectivity index (χ2v) is 9.92. The van der Waals surface area contributed by atoms with Crippen molar-refractivity contribution in [1.29, 1.82) is 0 Å². The fourth-order valence-electron chi connectivity index (χ4n) is 3.83. The van der Waals surface area contributed by atoms with E-state index in [2.05, 4.69) is 25.7 Å². The maximum atomic E-state index is 13.0. The molecule has 2 unspecified atom stereocenters. The second kappa shape index (κ2) is 7.51. The van der Waals surface area contributed by atoms with E-state index in [9.17, 15) is 13.2 Å². The molecule has 23 heavy (non-hydrogen) atoms. The van der Waals surface area contributed by atoms with Gasteiger partial charge in [0.15, 0.2) is 9.84 Å². The molecule has 2 atom stereocenters. The van der Waals surface area contributed by atoms with Gasteiger partial charge in [-0.2, -0.15) is 0 Å². The molecule has 0 N–H and O–H groups in total. The van der Waals surface area contributed by atoms with Gasteiger partial charge in [-0.1, -0.05) is 26.7 Å². The van der Waals surface area contributed by atoms with Gasteiger partial charge >= 0.3 is 0 Å². The Kier molecular flexibility index (Phi) is 6.11. The molecule has 2 aliphatic rings. The summed E-state index contributed by atoms with van der Waals surface area (Å²) >= 11 is 0. The number of amides is 1. The molecular weight excluding hydrogens is 312 g/mol. The molecule has 1 saturated heterocycles. The predicted molar refractivity (Wildman–Crippen MR) is 93.1 cm³/mol. The van der Waals surface area contributed by atoms with Crippen molar-refractivity contribution in [3.63, 3.8) is 0 Å². The summed E-state index contributed by atoms with van der Waals surface area (Å²) in [4.78, 5) is 17.0. The first kappa shape index (κ1) is 18.7. The largest absolute Gasteiger partial charge is 0.335 e. The van der Waals surface area contributed by atoms with Gasteiger partial charge < -0.3 is 4.90 Å². The minimum atomic E-state index is -2.97. The standard InChI is InChI=1S/C17H32N2O3S/c1-13(2)14(3)18(4)11-17(20)19(15-7-5-6-8-15)16-9-10-23(21,22)12-16/h13-16H,5-12H2,1-4H3. The van der Waals surface area contributed by atoms with Crippen molar-refractivity contribution in [2.45, 2.75) is 71.0 Å². The maximum absolute atomic E-state index is 13.0. The summed E-state index contributed by atoms with van der Waals surface area (Å²) < 4.78 is 23.7. The average Bonchev–Trinajstić information content (AvgIpc) is 3.08. The molecule has 0 aromatic heterocycles. The fraction of sp³-hybridized carbons (Fsp3) is 0.941. The van der Waals surface area contributed by atoms with Crippen LogP contribution in [0.2, 0.25) is 0 Å². The van der Waals surface area contributed by atoms with Crippen LogP contribution in [-0.2, 0) is 14.6 Å². The summed E-state index contributed by atoms with van der Waals surface area (Å²) in [6, 6.07) is 0.457. The molecule has 1 amide bonds. The van der Waals surface area contributed by atoms with E-state index in [-0.39, 0.29) is 29.5 Å². The quantitative estimate of drug-likeness (QED) is 0.739. The number of nitrogens with zero attached hydrogens (tertiary/aromatic N) is 2. The number of hydrogen-bond acceptors (Lipinski definition) is 4. The number of rotatable bonds is 6. The van der Waals surface area contributed by atoms with Gasteiger partial charge in [0.05, 0.1) is 18.1 Å². The molecule has 1 aliphatic carbocycles. The van der Waals surface area contributed by atoms with E-state index >= 15 is 0 Å². The third-order valence-corrected chi connectivity index (χ3v) is 7.40. The van der Waals surface area contributed by atoms with Crippen molar-refractivity contribution in [1.82, 2.24) is 9.80 Å². The number of likely N-dealkylation sites (N-methyl/N-ethyl adjacent to an activating group) is 1. The highest BCUT2D eigenvalue weighted by atomic mass is 32.2. The van der Waals surface area contributed by atoms with Gasteiger partial charge in [-0.3, -0.25) is 9.69 Å². The Balaban J connectivity index is 2.09. The van der Waals surface area contributed by atoms with Crippen LogP contribution in [-0.4, -0.2) is 67.3 Å². The second-order valence-electron chi connectivity index (χ2n) is 7.70. The molecule has 1 aliphatic heterocycles. The van der Waals surface area contributed by atoms with Crippen LogP contribution in [0.4, 0.5) is 0 Å². The van der Waals surface area contributed by atoms with E-state index in [1.807, 2.05) is 11.9 Å². The van der Waals surface area contributed by atoms with Crippen molar-refractivity contribution in [2.75, 3.05) is 25.1 Å². The van der Waals surface area contributed by atoms with Crippen molar-refractivity contribution in [3.05, 3.63) is 0 Å². The fourth-order valence-corrected chi connectivity index (χ4v) is 5.54. The molecule has 134 valence electrons. The van der Waals surface area contributed by atoms with E-state index in [0.717, 1.165) is 25.7 Å². The van der Waals surface area contributed by atoms with Gasteiger partial charge in [0, 0.05) is 18.1 Å². The van der Waals surface area contributed by atoms with Crippen LogP contribution >= 0.6 is 0 Å². The zero-order chi connectivity index (χ0) is 17.2. The Hall–Kier alpha value is -0.620. The highest BCUT2D eigenvalue weighted by Crippen LogP contribution is 2.29. The number of carbonyl (C=O) groups excluding carboxylic acids is 1. The van der Waals surface area contributed by atoms with E-state index in [1.165, 1.54) is 0 Å².